The van der Waals surface area contributed by atoms with Crippen molar-refractivity contribution in [3.8, 4) is 11.1 Å². The van der Waals surface area contributed by atoms with Gasteiger partial charge in [0.05, 0.1) is 5.75 Å². The van der Waals surface area contributed by atoms with Crippen LogP contribution in [0.5, 0.6) is 0 Å². The number of hydrogen-bond donors (Lipinski definition) is 2. The van der Waals surface area contributed by atoms with Crippen LogP contribution in [0.3, 0.4) is 0 Å². The van der Waals surface area contributed by atoms with Crippen molar-refractivity contribution in [1.82, 2.24) is 21.1 Å². The van der Waals surface area contributed by atoms with Crippen molar-refractivity contribution >= 4 is 32.7 Å². The largest absolute Gasteiger partial charge is 0.346 e. The van der Waals surface area contributed by atoms with Gasteiger partial charge in [0, 0.05) is 46.8 Å². The van der Waals surface area contributed by atoms with E-state index in [4.69, 9.17) is 16.7 Å². The molecule has 0 atom stereocenters. The van der Waals surface area contributed by atoms with Crippen LogP contribution in [-0.4, -0.2) is 23.4 Å². The molecule has 7 nitrogen and oxygen atoms in total. The van der Waals surface area contributed by atoms with Crippen molar-refractivity contribution < 1.29 is 8.42 Å². The van der Waals surface area contributed by atoms with Crippen LogP contribution in [0.15, 0.2) is 36.8 Å². The molecular formula is C13H11ClN5O2S. The Morgan fingerprint density at radius 2 is 2.09 bits per heavy atom. The van der Waals surface area contributed by atoms with E-state index in [1.807, 2.05) is 12.1 Å². The summed E-state index contributed by atoms with van der Waals surface area (Å²) < 4.78 is 22.5. The molecule has 0 aliphatic carbocycles. The molecule has 0 spiro atoms. The molecule has 0 aliphatic rings. The predicted molar refractivity (Wildman–Crippen MR) is 83.3 cm³/mol. The zero-order valence-corrected chi connectivity index (χ0v) is 12.8. The molecule has 0 unspecified atom stereocenters. The van der Waals surface area contributed by atoms with Gasteiger partial charge in [0.25, 0.3) is 0 Å². The van der Waals surface area contributed by atoms with Gasteiger partial charge in [-0.15, -0.1) is 0 Å². The van der Waals surface area contributed by atoms with Crippen LogP contribution in [0.4, 0.5) is 0 Å². The molecule has 0 amide bonds. The van der Waals surface area contributed by atoms with E-state index in [0.29, 0.717) is 5.56 Å². The number of hydrogen-bond acceptors (Lipinski definition) is 4. The van der Waals surface area contributed by atoms with Gasteiger partial charge in [0.15, 0.2) is 0 Å². The van der Waals surface area contributed by atoms with Crippen LogP contribution in [0, 0.1) is 0 Å². The minimum atomic E-state index is -3.67. The lowest BCUT2D eigenvalue weighted by molar-refractivity contribution is 0.597. The summed E-state index contributed by atoms with van der Waals surface area (Å²) in [6.45, 7) is 0. The Morgan fingerprint density at radius 1 is 1.32 bits per heavy atom. The van der Waals surface area contributed by atoms with E-state index in [9.17, 15) is 8.42 Å². The SMILES string of the molecule is NS(=O)(=O)Cc1cc(-c2c[nH]c3ncccc23)cnc1Cl.[N]. The third-order valence-electron chi connectivity index (χ3n) is 3.03. The number of fused-ring (bicyclic) bond motifs is 1. The number of pyridine rings is 2. The number of sulfonamides is 1. The van der Waals surface area contributed by atoms with Gasteiger partial charge in [0.2, 0.25) is 10.0 Å². The Labute approximate surface area is 132 Å². The van der Waals surface area contributed by atoms with E-state index in [0.717, 1.165) is 22.2 Å². The fraction of sp³-hybridized carbons (Fsp3) is 0.0769. The van der Waals surface area contributed by atoms with E-state index in [2.05, 4.69) is 15.0 Å². The molecule has 22 heavy (non-hydrogen) atoms. The average molecular weight is 337 g/mol. The summed E-state index contributed by atoms with van der Waals surface area (Å²) in [5.41, 5.74) is 2.74. The number of aromatic nitrogens is 3. The Balaban J connectivity index is 0.00000176. The van der Waals surface area contributed by atoms with Crippen LogP contribution in [0.2, 0.25) is 5.15 Å². The van der Waals surface area contributed by atoms with Crippen LogP contribution in [0.1, 0.15) is 5.56 Å². The molecule has 113 valence electrons. The lowest BCUT2D eigenvalue weighted by atomic mass is 10.1. The molecule has 3 aromatic rings. The normalized spacial score (nSPS) is 11.4. The quantitative estimate of drug-likeness (QED) is 0.702. The molecule has 0 aliphatic heterocycles. The Bertz CT molecular complexity index is 923. The van der Waals surface area contributed by atoms with Gasteiger partial charge in [-0.3, -0.25) is 0 Å². The first-order valence-electron chi connectivity index (χ1n) is 6.01. The minimum Gasteiger partial charge on any atom is -0.346 e. The van der Waals surface area contributed by atoms with Crippen LogP contribution in [0.25, 0.3) is 22.2 Å². The topological polar surface area (TPSA) is 132 Å². The lowest BCUT2D eigenvalue weighted by Gasteiger charge is -2.05. The standard InChI is InChI=1S/C13H11ClN4O2S.N/c14-12-9(7-21(15,19)20)4-8(5-17-12)11-6-18-13-10(11)2-1-3-16-13;/h1-6H,7H2,(H,16,18)(H2,15,19,20);. The maximum atomic E-state index is 11.2. The zero-order chi connectivity index (χ0) is 15.0. The molecule has 9 heteroatoms. The first-order valence-corrected chi connectivity index (χ1v) is 8.11. The van der Waals surface area contributed by atoms with Crippen molar-refractivity contribution in [2.45, 2.75) is 5.75 Å². The van der Waals surface area contributed by atoms with Gasteiger partial charge in [-0.1, -0.05) is 11.6 Å². The number of nitrogens with one attached hydrogen (secondary N) is 1. The van der Waals surface area contributed by atoms with E-state index in [-0.39, 0.29) is 17.1 Å². The van der Waals surface area contributed by atoms with Crippen molar-refractivity contribution in [2.75, 3.05) is 0 Å². The smallest absolute Gasteiger partial charge is 0.213 e. The van der Waals surface area contributed by atoms with Gasteiger partial charge in [-0.05, 0) is 18.2 Å². The van der Waals surface area contributed by atoms with Crippen molar-refractivity contribution in [1.29, 1.82) is 0 Å². The highest BCUT2D eigenvalue weighted by molar-refractivity contribution is 7.88. The second kappa shape index (κ2) is 6.01. The molecule has 3 heterocycles. The van der Waals surface area contributed by atoms with Gasteiger partial charge >= 0.3 is 0 Å². The Kier molecular flexibility index (Phi) is 4.47. The predicted octanol–water partition coefficient (Wildman–Crippen LogP) is 1.59. The summed E-state index contributed by atoms with van der Waals surface area (Å²) in [7, 11) is -3.67. The summed E-state index contributed by atoms with van der Waals surface area (Å²) in [6.07, 6.45) is 5.07. The van der Waals surface area contributed by atoms with Crippen molar-refractivity contribution in [3.63, 3.8) is 0 Å². The molecule has 3 rings (SSSR count). The van der Waals surface area contributed by atoms with Crippen LogP contribution in [-0.2, 0) is 15.8 Å². The number of aromatic amines is 1. The van der Waals surface area contributed by atoms with Gasteiger partial charge in [-0.2, -0.15) is 0 Å². The van der Waals surface area contributed by atoms with E-state index in [1.54, 1.807) is 24.7 Å². The zero-order valence-electron chi connectivity index (χ0n) is 11.2. The molecule has 3 aromatic heterocycles. The van der Waals surface area contributed by atoms with E-state index in [1.165, 1.54) is 0 Å². The summed E-state index contributed by atoms with van der Waals surface area (Å²) in [5.74, 6) is -0.354. The maximum Gasteiger partial charge on any atom is 0.213 e. The molecule has 0 aromatic carbocycles. The minimum absolute atomic E-state index is 0. The Morgan fingerprint density at radius 3 is 2.82 bits per heavy atom. The average Bonchev–Trinajstić information content (AvgIpc) is 2.84. The van der Waals surface area contributed by atoms with E-state index < -0.39 is 10.0 Å². The maximum absolute atomic E-state index is 11.2. The second-order valence-electron chi connectivity index (χ2n) is 4.58. The summed E-state index contributed by atoms with van der Waals surface area (Å²) in [5, 5.41) is 6.12. The van der Waals surface area contributed by atoms with Crippen LogP contribution < -0.4 is 11.3 Å². The number of primary sulfonamides is 1. The third kappa shape index (κ3) is 3.25. The summed E-state index contributed by atoms with van der Waals surface area (Å²) >= 11 is 5.93. The number of halogens is 1. The van der Waals surface area contributed by atoms with E-state index >= 15 is 0 Å². The number of nitrogens with zero attached hydrogens (tertiary/aromatic N) is 3. The highest BCUT2D eigenvalue weighted by atomic mass is 35.5. The molecular weight excluding hydrogens is 326 g/mol. The lowest BCUT2D eigenvalue weighted by Crippen LogP contribution is -2.15. The number of rotatable bonds is 3. The molecule has 3 radical (unpaired) electrons. The van der Waals surface area contributed by atoms with Crippen LogP contribution >= 0.6 is 11.6 Å². The summed E-state index contributed by atoms with van der Waals surface area (Å²) in [4.78, 5) is 11.3. The molecule has 0 saturated carbocycles. The number of H-pyrrole nitrogens is 1. The summed E-state index contributed by atoms with van der Waals surface area (Å²) in [6, 6.07) is 5.42. The van der Waals surface area contributed by atoms with Gasteiger partial charge < -0.3 is 4.98 Å². The monoisotopic (exact) mass is 336 g/mol. The fourth-order valence-electron chi connectivity index (χ4n) is 2.15. The molecule has 3 N–H and O–H groups in total. The van der Waals surface area contributed by atoms with Crippen molar-refractivity contribution in [3.05, 3.63) is 47.5 Å². The molecule has 0 saturated heterocycles. The molecule has 0 fully saturated rings. The fourth-order valence-corrected chi connectivity index (χ4v) is 3.06. The van der Waals surface area contributed by atoms with Crippen molar-refractivity contribution in [2.24, 2.45) is 5.14 Å². The molecule has 0 bridgehead atoms. The highest BCUT2D eigenvalue weighted by Gasteiger charge is 2.13. The number of nitrogens with two attached hydrogens (primary N) is 1. The third-order valence-corrected chi connectivity index (χ3v) is 4.08. The first kappa shape index (κ1) is 16.4. The first-order chi connectivity index (χ1) is 9.94. The highest BCUT2D eigenvalue weighted by Crippen LogP contribution is 2.29. The second-order valence-corrected chi connectivity index (χ2v) is 6.56. The Hall–Kier alpha value is -2.00. The van der Waals surface area contributed by atoms with Gasteiger partial charge in [-0.25, -0.2) is 23.5 Å². The van der Waals surface area contributed by atoms with Gasteiger partial charge in [0.1, 0.15) is 10.8 Å².